The monoisotopic (exact) mass is 735 g/mol. The molecule has 1 fully saturated rings. The van der Waals surface area contributed by atoms with E-state index >= 15 is 0 Å². The second-order valence-electron chi connectivity index (χ2n) is 14.6. The number of rotatable bonds is 37. The molecule has 5 atom stereocenters. The molecule has 0 radical (unpaired) electrons. The summed E-state index contributed by atoms with van der Waals surface area (Å²) in [5, 5.41) is 18.3. The molecule has 0 bridgehead atoms. The van der Waals surface area contributed by atoms with Gasteiger partial charge in [-0.3, -0.25) is 18.6 Å². The quantitative estimate of drug-likeness (QED) is 0.0320. The van der Waals surface area contributed by atoms with Gasteiger partial charge in [-0.25, -0.2) is 4.57 Å². The van der Waals surface area contributed by atoms with E-state index in [0.29, 0.717) is 12.8 Å². The minimum atomic E-state index is -4.60. The predicted molar refractivity (Wildman–Crippen MR) is 199 cm³/mol. The first kappa shape index (κ1) is 47.0. The molecule has 0 heterocycles. The smallest absolute Gasteiger partial charge is 0.462 e. The van der Waals surface area contributed by atoms with Crippen LogP contribution in [0.2, 0.25) is 0 Å². The molecule has 0 aromatic heterocycles. The lowest BCUT2D eigenvalue weighted by Crippen LogP contribution is -2.29. The molecule has 0 amide bonds. The van der Waals surface area contributed by atoms with Crippen LogP contribution in [0.4, 0.5) is 0 Å². The number of carbonyl (C=O) groups is 2. The van der Waals surface area contributed by atoms with E-state index in [1.165, 1.54) is 116 Å². The number of hydrogen-bond donors (Lipinski definition) is 3. The maximum absolute atomic E-state index is 12.6. The van der Waals surface area contributed by atoms with Crippen LogP contribution in [0.5, 0.6) is 0 Å². The number of aliphatic hydroxyl groups excluding tert-OH is 2. The van der Waals surface area contributed by atoms with Crippen molar-refractivity contribution < 1.29 is 47.8 Å². The van der Waals surface area contributed by atoms with Crippen molar-refractivity contribution in [1.82, 2.24) is 0 Å². The fourth-order valence-corrected chi connectivity index (χ4v) is 7.20. The largest absolute Gasteiger partial charge is 0.472 e. The first-order valence-corrected chi connectivity index (χ1v) is 22.0. The van der Waals surface area contributed by atoms with Crippen molar-refractivity contribution in [1.29, 1.82) is 0 Å². The summed E-state index contributed by atoms with van der Waals surface area (Å²) in [5.41, 5.74) is 0. The van der Waals surface area contributed by atoms with E-state index in [4.69, 9.17) is 19.1 Å². The summed E-state index contributed by atoms with van der Waals surface area (Å²) in [7, 11) is -4.60. The Morgan fingerprint density at radius 3 is 1.54 bits per heavy atom. The molecular formula is C39H75O10P. The first-order chi connectivity index (χ1) is 24.2. The Kier molecular flexibility index (Phi) is 29.6. The van der Waals surface area contributed by atoms with Crippen molar-refractivity contribution in [3.8, 4) is 0 Å². The summed E-state index contributed by atoms with van der Waals surface area (Å²) in [6, 6.07) is 0. The van der Waals surface area contributed by atoms with Crippen molar-refractivity contribution in [3.63, 3.8) is 0 Å². The number of unbranched alkanes of at least 4 members (excludes halogenated alkanes) is 19. The van der Waals surface area contributed by atoms with Gasteiger partial charge >= 0.3 is 19.8 Å². The second kappa shape index (κ2) is 31.5. The topological polar surface area (TPSA) is 149 Å². The Bertz CT molecular complexity index is 872. The van der Waals surface area contributed by atoms with E-state index in [0.717, 1.165) is 43.9 Å². The van der Waals surface area contributed by atoms with Gasteiger partial charge in [0.2, 0.25) is 0 Å². The second-order valence-corrected chi connectivity index (χ2v) is 16.0. The Morgan fingerprint density at radius 2 is 1.04 bits per heavy atom. The number of phosphoric acid groups is 1. The molecule has 50 heavy (non-hydrogen) atoms. The summed E-state index contributed by atoms with van der Waals surface area (Å²) < 4.78 is 32.7. The van der Waals surface area contributed by atoms with E-state index in [2.05, 4.69) is 18.4 Å². The van der Waals surface area contributed by atoms with Crippen molar-refractivity contribution in [2.24, 2.45) is 11.8 Å². The van der Waals surface area contributed by atoms with Gasteiger partial charge in [-0.05, 0) is 31.1 Å². The van der Waals surface area contributed by atoms with Gasteiger partial charge in [-0.2, -0.15) is 0 Å². The molecule has 10 nitrogen and oxygen atoms in total. The van der Waals surface area contributed by atoms with Crippen LogP contribution >= 0.6 is 7.82 Å². The highest BCUT2D eigenvalue weighted by Crippen LogP contribution is 2.46. The predicted octanol–water partition coefficient (Wildman–Crippen LogP) is 9.75. The average Bonchev–Trinajstić information content (AvgIpc) is 3.86. The fraction of sp³-hybridized carbons (Fsp3) is 0.949. The highest BCUT2D eigenvalue weighted by Gasteiger charge is 2.35. The Hall–Kier alpha value is -1.03. The molecule has 0 aromatic carbocycles. The molecule has 0 aliphatic heterocycles. The zero-order valence-electron chi connectivity index (χ0n) is 31.9. The van der Waals surface area contributed by atoms with Gasteiger partial charge in [0.25, 0.3) is 0 Å². The van der Waals surface area contributed by atoms with Crippen molar-refractivity contribution in [2.45, 2.75) is 199 Å². The molecule has 0 aromatic rings. The summed E-state index contributed by atoms with van der Waals surface area (Å²) in [6.45, 7) is 2.41. The molecule has 3 N–H and O–H groups in total. The molecular weight excluding hydrogens is 659 g/mol. The third-order valence-electron chi connectivity index (χ3n) is 9.73. The maximum atomic E-state index is 12.6. The molecule has 1 saturated carbocycles. The van der Waals surface area contributed by atoms with E-state index in [9.17, 15) is 24.2 Å². The summed E-state index contributed by atoms with van der Waals surface area (Å²) in [6.07, 6.45) is 28.3. The number of hydrogen-bond acceptors (Lipinski definition) is 9. The highest BCUT2D eigenvalue weighted by molar-refractivity contribution is 7.47. The molecule has 1 aliphatic rings. The van der Waals surface area contributed by atoms with Crippen molar-refractivity contribution in [3.05, 3.63) is 0 Å². The minimum Gasteiger partial charge on any atom is -0.462 e. The van der Waals surface area contributed by atoms with E-state index in [1.807, 2.05) is 0 Å². The molecule has 11 heteroatoms. The molecule has 296 valence electrons. The van der Waals surface area contributed by atoms with Crippen LogP contribution in [0.3, 0.4) is 0 Å². The van der Waals surface area contributed by atoms with Crippen LogP contribution < -0.4 is 0 Å². The van der Waals surface area contributed by atoms with Gasteiger partial charge in [0.15, 0.2) is 6.10 Å². The number of ether oxygens (including phenoxy) is 2. The molecule has 1 aliphatic carbocycles. The lowest BCUT2D eigenvalue weighted by Gasteiger charge is -2.20. The van der Waals surface area contributed by atoms with Gasteiger partial charge in [-0.1, -0.05) is 155 Å². The number of phosphoric ester groups is 1. The third-order valence-corrected chi connectivity index (χ3v) is 10.7. The van der Waals surface area contributed by atoms with Crippen LogP contribution in [0, 0.1) is 11.8 Å². The summed E-state index contributed by atoms with van der Waals surface area (Å²) >= 11 is 0. The number of carbonyl (C=O) groups excluding carboxylic acids is 2. The van der Waals surface area contributed by atoms with Gasteiger partial charge in [0, 0.05) is 12.8 Å². The lowest BCUT2D eigenvalue weighted by atomic mass is 10.0. The molecule has 0 spiro atoms. The molecule has 1 rings (SSSR count). The number of aliphatic hydroxyl groups is 2. The van der Waals surface area contributed by atoms with Gasteiger partial charge in [0.05, 0.1) is 19.8 Å². The van der Waals surface area contributed by atoms with Crippen LogP contribution in [0.25, 0.3) is 0 Å². The average molecular weight is 735 g/mol. The SMILES string of the molecule is CCCCCCCCCCCCCCCC(=O)OC[C@@H](COP(=O)(O)OC[C@@H](O)CO)OC(=O)CCCCCCC[C@@H]1C[C@H]1CCCCCC. The van der Waals surface area contributed by atoms with Crippen LogP contribution in [0.15, 0.2) is 0 Å². The normalized spacial score (nSPS) is 18.0. The molecule has 0 saturated heterocycles. The standard InChI is InChI=1S/C39H75O10P/c1-3-5-7-9-10-11-12-13-14-15-16-19-23-27-38(42)46-32-37(33-48-50(44,45)47-31-36(41)30-40)49-39(43)28-24-20-17-18-22-26-35-29-34(35)25-21-8-6-4-2/h34-37,40-41H,3-33H2,1-2H3,(H,44,45)/t34-,35-,36+,37+/m1/s1. The highest BCUT2D eigenvalue weighted by atomic mass is 31.2. The van der Waals surface area contributed by atoms with Gasteiger partial charge in [0.1, 0.15) is 12.7 Å². The van der Waals surface area contributed by atoms with Gasteiger partial charge in [-0.15, -0.1) is 0 Å². The van der Waals surface area contributed by atoms with Crippen LogP contribution in [-0.4, -0.2) is 65.7 Å². The first-order valence-electron chi connectivity index (χ1n) is 20.5. The number of esters is 2. The van der Waals surface area contributed by atoms with Crippen LogP contribution in [0.1, 0.15) is 187 Å². The van der Waals surface area contributed by atoms with Gasteiger partial charge < -0.3 is 24.6 Å². The maximum Gasteiger partial charge on any atom is 0.472 e. The summed E-state index contributed by atoms with van der Waals surface area (Å²) in [4.78, 5) is 34.9. The lowest BCUT2D eigenvalue weighted by molar-refractivity contribution is -0.161. The molecule has 1 unspecified atom stereocenters. The minimum absolute atomic E-state index is 0.196. The van der Waals surface area contributed by atoms with Crippen LogP contribution in [-0.2, 0) is 32.7 Å². The third kappa shape index (κ3) is 28.5. The van der Waals surface area contributed by atoms with E-state index in [1.54, 1.807) is 0 Å². The zero-order chi connectivity index (χ0) is 36.7. The van der Waals surface area contributed by atoms with E-state index < -0.39 is 51.8 Å². The van der Waals surface area contributed by atoms with Crippen molar-refractivity contribution in [2.75, 3.05) is 26.4 Å². The fourth-order valence-electron chi connectivity index (χ4n) is 6.41. The Balaban J connectivity index is 2.27. The Labute approximate surface area is 304 Å². The van der Waals surface area contributed by atoms with Crippen molar-refractivity contribution >= 4 is 19.8 Å². The van der Waals surface area contributed by atoms with E-state index in [-0.39, 0.29) is 19.4 Å². The summed E-state index contributed by atoms with van der Waals surface area (Å²) in [5.74, 6) is 0.973. The Morgan fingerprint density at radius 1 is 0.620 bits per heavy atom. The zero-order valence-corrected chi connectivity index (χ0v) is 32.8.